The SMILES string of the molecule is Cc1cc(C(=O)O)cc(Oc2cc(C)[nH]n2)n1. The average molecular weight is 233 g/mol. The number of rotatable bonds is 3. The second-order valence-corrected chi connectivity index (χ2v) is 3.63. The molecule has 2 N–H and O–H groups in total. The normalized spacial score (nSPS) is 10.2. The molecule has 0 aromatic carbocycles. The van der Waals surface area contributed by atoms with Gasteiger partial charge in [0, 0.05) is 23.5 Å². The van der Waals surface area contributed by atoms with E-state index in [1.165, 1.54) is 12.1 Å². The first-order chi connectivity index (χ1) is 8.04. The molecule has 0 aliphatic heterocycles. The molecule has 0 aliphatic carbocycles. The third kappa shape index (κ3) is 2.60. The van der Waals surface area contributed by atoms with Crippen molar-refractivity contribution in [1.29, 1.82) is 0 Å². The van der Waals surface area contributed by atoms with E-state index < -0.39 is 5.97 Å². The van der Waals surface area contributed by atoms with Crippen LogP contribution in [0.25, 0.3) is 0 Å². The summed E-state index contributed by atoms with van der Waals surface area (Å²) in [6, 6.07) is 4.54. The van der Waals surface area contributed by atoms with E-state index in [-0.39, 0.29) is 11.4 Å². The van der Waals surface area contributed by atoms with Crippen LogP contribution in [0.3, 0.4) is 0 Å². The Morgan fingerprint density at radius 3 is 2.65 bits per heavy atom. The Morgan fingerprint density at radius 2 is 2.06 bits per heavy atom. The van der Waals surface area contributed by atoms with E-state index in [9.17, 15) is 4.79 Å². The van der Waals surface area contributed by atoms with E-state index in [0.717, 1.165) is 5.69 Å². The van der Waals surface area contributed by atoms with Gasteiger partial charge in [-0.2, -0.15) is 0 Å². The molecule has 0 radical (unpaired) electrons. The molecule has 0 saturated heterocycles. The molecule has 0 amide bonds. The fraction of sp³-hybridized carbons (Fsp3) is 0.182. The van der Waals surface area contributed by atoms with Gasteiger partial charge in [0.1, 0.15) is 0 Å². The molecule has 6 heteroatoms. The average Bonchev–Trinajstić information content (AvgIpc) is 2.63. The largest absolute Gasteiger partial charge is 0.478 e. The van der Waals surface area contributed by atoms with Crippen molar-refractivity contribution < 1.29 is 14.6 Å². The van der Waals surface area contributed by atoms with Gasteiger partial charge in [-0.05, 0) is 19.9 Å². The van der Waals surface area contributed by atoms with Crippen LogP contribution >= 0.6 is 0 Å². The maximum absolute atomic E-state index is 10.9. The number of H-pyrrole nitrogens is 1. The number of carboxylic acid groups (broad SMARTS) is 1. The zero-order valence-corrected chi connectivity index (χ0v) is 9.39. The first-order valence-corrected chi connectivity index (χ1v) is 4.96. The third-order valence-corrected chi connectivity index (χ3v) is 2.07. The van der Waals surface area contributed by atoms with Crippen LogP contribution in [0.15, 0.2) is 18.2 Å². The van der Waals surface area contributed by atoms with E-state index in [1.807, 2.05) is 6.92 Å². The molecule has 0 atom stereocenters. The maximum Gasteiger partial charge on any atom is 0.335 e. The van der Waals surface area contributed by atoms with E-state index in [4.69, 9.17) is 9.84 Å². The molecule has 17 heavy (non-hydrogen) atoms. The molecule has 0 aliphatic rings. The predicted molar refractivity (Wildman–Crippen MR) is 59.3 cm³/mol. The lowest BCUT2D eigenvalue weighted by Gasteiger charge is -2.03. The number of ether oxygens (including phenoxy) is 1. The number of aromatic amines is 1. The molecule has 0 unspecified atom stereocenters. The number of carbonyl (C=O) groups is 1. The quantitative estimate of drug-likeness (QED) is 0.845. The zero-order valence-electron chi connectivity index (χ0n) is 9.39. The molecular formula is C11H11N3O3. The minimum Gasteiger partial charge on any atom is -0.478 e. The summed E-state index contributed by atoms with van der Waals surface area (Å²) in [5, 5.41) is 15.5. The summed E-state index contributed by atoms with van der Waals surface area (Å²) in [4.78, 5) is 14.9. The first-order valence-electron chi connectivity index (χ1n) is 4.96. The molecule has 0 fully saturated rings. The molecule has 2 aromatic rings. The molecule has 6 nitrogen and oxygen atoms in total. The van der Waals surface area contributed by atoms with Crippen LogP contribution in [-0.2, 0) is 0 Å². The molecule has 0 spiro atoms. The monoisotopic (exact) mass is 233 g/mol. The van der Waals surface area contributed by atoms with E-state index in [2.05, 4.69) is 15.2 Å². The summed E-state index contributed by atoms with van der Waals surface area (Å²) in [5.74, 6) is -0.440. The molecule has 88 valence electrons. The number of pyridine rings is 1. The van der Waals surface area contributed by atoms with Crippen LogP contribution in [0.2, 0.25) is 0 Å². The van der Waals surface area contributed by atoms with Crippen molar-refractivity contribution >= 4 is 5.97 Å². The van der Waals surface area contributed by atoms with E-state index >= 15 is 0 Å². The van der Waals surface area contributed by atoms with Crippen LogP contribution in [0.1, 0.15) is 21.7 Å². The summed E-state index contributed by atoms with van der Waals surface area (Å²) in [5.41, 5.74) is 1.57. The topological polar surface area (TPSA) is 88.1 Å². The molecule has 2 rings (SSSR count). The van der Waals surface area contributed by atoms with Gasteiger partial charge in [0.15, 0.2) is 0 Å². The van der Waals surface area contributed by atoms with Gasteiger partial charge in [-0.1, -0.05) is 0 Å². The first kappa shape index (κ1) is 11.1. The summed E-state index contributed by atoms with van der Waals surface area (Å²) in [7, 11) is 0. The Labute approximate surface area is 97.3 Å². The molecule has 2 heterocycles. The second-order valence-electron chi connectivity index (χ2n) is 3.63. The van der Waals surface area contributed by atoms with Crippen LogP contribution < -0.4 is 4.74 Å². The Morgan fingerprint density at radius 1 is 1.29 bits per heavy atom. The summed E-state index contributed by atoms with van der Waals surface area (Å²) in [6.45, 7) is 3.54. The van der Waals surface area contributed by atoms with Gasteiger partial charge in [0.05, 0.1) is 5.56 Å². The number of aryl methyl sites for hydroxylation is 2. The fourth-order valence-corrected chi connectivity index (χ4v) is 1.37. The van der Waals surface area contributed by atoms with Gasteiger partial charge >= 0.3 is 5.97 Å². The summed E-state index contributed by atoms with van der Waals surface area (Å²) >= 11 is 0. The van der Waals surface area contributed by atoms with E-state index in [0.29, 0.717) is 11.6 Å². The lowest BCUT2D eigenvalue weighted by Crippen LogP contribution is -2.00. The highest BCUT2D eigenvalue weighted by Crippen LogP contribution is 2.19. The van der Waals surface area contributed by atoms with Gasteiger partial charge in [-0.3, -0.25) is 5.10 Å². The Balaban J connectivity index is 2.29. The van der Waals surface area contributed by atoms with Gasteiger partial charge in [0.2, 0.25) is 11.8 Å². The lowest BCUT2D eigenvalue weighted by atomic mass is 10.2. The van der Waals surface area contributed by atoms with Crippen molar-refractivity contribution in [2.24, 2.45) is 0 Å². The highest BCUT2D eigenvalue weighted by Gasteiger charge is 2.09. The number of hydrogen-bond acceptors (Lipinski definition) is 4. The predicted octanol–water partition coefficient (Wildman–Crippen LogP) is 1.91. The Bertz CT molecular complexity index is 563. The minimum absolute atomic E-state index is 0.139. The van der Waals surface area contributed by atoms with Gasteiger partial charge in [0.25, 0.3) is 0 Å². The van der Waals surface area contributed by atoms with Crippen molar-refractivity contribution in [2.75, 3.05) is 0 Å². The van der Waals surface area contributed by atoms with Crippen molar-refractivity contribution in [3.63, 3.8) is 0 Å². The molecule has 0 bridgehead atoms. The third-order valence-electron chi connectivity index (χ3n) is 2.07. The van der Waals surface area contributed by atoms with Gasteiger partial charge in [-0.25, -0.2) is 9.78 Å². The Hall–Kier alpha value is -2.37. The van der Waals surface area contributed by atoms with Crippen LogP contribution in [0, 0.1) is 13.8 Å². The maximum atomic E-state index is 10.9. The van der Waals surface area contributed by atoms with Crippen molar-refractivity contribution in [2.45, 2.75) is 13.8 Å². The van der Waals surface area contributed by atoms with Crippen molar-refractivity contribution in [1.82, 2.24) is 15.2 Å². The lowest BCUT2D eigenvalue weighted by molar-refractivity contribution is 0.0696. The summed E-state index contributed by atoms with van der Waals surface area (Å²) in [6.07, 6.45) is 0. The molecule has 2 aromatic heterocycles. The molecular weight excluding hydrogens is 222 g/mol. The number of nitrogens with one attached hydrogen (secondary N) is 1. The smallest absolute Gasteiger partial charge is 0.335 e. The number of aromatic carboxylic acids is 1. The fourth-order valence-electron chi connectivity index (χ4n) is 1.37. The number of carboxylic acids is 1. The number of nitrogens with zero attached hydrogens (tertiary/aromatic N) is 2. The minimum atomic E-state index is -1.02. The Kier molecular flexibility index (Phi) is 2.78. The highest BCUT2D eigenvalue weighted by atomic mass is 16.5. The highest BCUT2D eigenvalue weighted by molar-refractivity contribution is 5.88. The van der Waals surface area contributed by atoms with Gasteiger partial charge < -0.3 is 9.84 Å². The number of aromatic nitrogens is 3. The zero-order chi connectivity index (χ0) is 12.4. The van der Waals surface area contributed by atoms with Crippen LogP contribution in [0.5, 0.6) is 11.8 Å². The molecule has 0 saturated carbocycles. The summed E-state index contributed by atoms with van der Waals surface area (Å²) < 4.78 is 5.35. The standard InChI is InChI=1S/C11H11N3O3/c1-6-3-8(11(15)16)5-9(12-6)17-10-4-7(2)13-14-10/h3-5H,1-2H3,(H,13,14)(H,15,16). The second kappa shape index (κ2) is 4.25. The number of hydrogen-bond donors (Lipinski definition) is 2. The van der Waals surface area contributed by atoms with Crippen LogP contribution in [0.4, 0.5) is 0 Å². The van der Waals surface area contributed by atoms with Gasteiger partial charge in [-0.15, -0.1) is 5.10 Å². The van der Waals surface area contributed by atoms with Crippen molar-refractivity contribution in [3.8, 4) is 11.8 Å². The van der Waals surface area contributed by atoms with E-state index in [1.54, 1.807) is 13.0 Å². The van der Waals surface area contributed by atoms with Crippen LogP contribution in [-0.4, -0.2) is 26.3 Å². The van der Waals surface area contributed by atoms with Crippen molar-refractivity contribution in [3.05, 3.63) is 35.2 Å².